The maximum atomic E-state index is 15.0. The fourth-order valence-electron chi connectivity index (χ4n) is 8.57. The Labute approximate surface area is 304 Å². The number of aliphatic hydroxyl groups is 1. The average molecular weight is 712 g/mol. The predicted octanol–water partition coefficient (Wildman–Crippen LogP) is 4.44. The van der Waals surface area contributed by atoms with Crippen molar-refractivity contribution in [2.24, 2.45) is 0 Å². The number of nitrogens with one attached hydrogen (secondary N) is 1. The third-order valence-corrected chi connectivity index (χ3v) is 11.2. The van der Waals surface area contributed by atoms with Gasteiger partial charge >= 0.3 is 6.01 Å². The summed E-state index contributed by atoms with van der Waals surface area (Å²) in [6.07, 6.45) is 13.6. The molecule has 52 heavy (non-hydrogen) atoms. The Morgan fingerprint density at radius 3 is 2.90 bits per heavy atom. The van der Waals surface area contributed by atoms with Crippen molar-refractivity contribution in [2.75, 3.05) is 37.7 Å². The zero-order chi connectivity index (χ0) is 36.4. The molecule has 1 amide bonds. The molecule has 3 aromatic rings. The first-order valence-electron chi connectivity index (χ1n) is 18.3. The Hall–Kier alpha value is -4.44. The van der Waals surface area contributed by atoms with Gasteiger partial charge in [0.05, 0.1) is 22.9 Å². The van der Waals surface area contributed by atoms with Gasteiger partial charge in [-0.25, -0.2) is 8.78 Å². The van der Waals surface area contributed by atoms with Crippen LogP contribution in [0.15, 0.2) is 49.3 Å². The molecule has 1 aliphatic carbocycles. The molecule has 5 heterocycles. The van der Waals surface area contributed by atoms with Crippen LogP contribution < -0.4 is 15.0 Å². The minimum atomic E-state index is -0.995. The van der Waals surface area contributed by atoms with E-state index in [2.05, 4.69) is 37.5 Å². The van der Waals surface area contributed by atoms with Gasteiger partial charge in [0.15, 0.2) is 0 Å². The van der Waals surface area contributed by atoms with Crippen molar-refractivity contribution < 1.29 is 23.4 Å². The van der Waals surface area contributed by atoms with Gasteiger partial charge in [-0.05, 0) is 80.3 Å². The number of terminal acetylenes is 1. The van der Waals surface area contributed by atoms with Gasteiger partial charge < -0.3 is 20.1 Å². The van der Waals surface area contributed by atoms with Crippen LogP contribution >= 0.6 is 0 Å². The summed E-state index contributed by atoms with van der Waals surface area (Å²) in [6.45, 7) is 9.02. The second-order valence-corrected chi connectivity index (χ2v) is 14.9. The summed E-state index contributed by atoms with van der Waals surface area (Å²) < 4.78 is 36.5. The summed E-state index contributed by atoms with van der Waals surface area (Å²) in [4.78, 5) is 33.1. The zero-order valence-corrected chi connectivity index (χ0v) is 29.7. The summed E-state index contributed by atoms with van der Waals surface area (Å²) in [7, 11) is 0. The molecule has 2 fully saturated rings. The monoisotopic (exact) mass is 711 g/mol. The Kier molecular flexibility index (Phi) is 10.6. The van der Waals surface area contributed by atoms with Crippen LogP contribution in [0.1, 0.15) is 78.6 Å². The Morgan fingerprint density at radius 2 is 2.12 bits per heavy atom. The van der Waals surface area contributed by atoms with Gasteiger partial charge in [0, 0.05) is 75.7 Å². The molecule has 2 aromatic heterocycles. The molecule has 2 N–H and O–H groups in total. The molecule has 12 heteroatoms. The lowest BCUT2D eigenvalue weighted by atomic mass is 9.81. The number of hydrogen-bond acceptors (Lipinski definition) is 9. The number of likely N-dealkylation sites (tertiary alicyclic amines) is 1. The summed E-state index contributed by atoms with van der Waals surface area (Å²) in [5.41, 5.74) is 4.05. The van der Waals surface area contributed by atoms with Crippen LogP contribution in [0.4, 0.5) is 14.6 Å². The van der Waals surface area contributed by atoms with E-state index in [1.807, 2.05) is 19.1 Å². The summed E-state index contributed by atoms with van der Waals surface area (Å²) in [5, 5.41) is 14.0. The molecular weight excluding hydrogens is 664 g/mol. The van der Waals surface area contributed by atoms with Crippen molar-refractivity contribution in [2.45, 2.75) is 94.9 Å². The number of alkyl halides is 1. The van der Waals surface area contributed by atoms with Crippen molar-refractivity contribution in [1.29, 1.82) is 0 Å². The quantitative estimate of drug-likeness (QED) is 0.246. The maximum Gasteiger partial charge on any atom is 0.318 e. The fourth-order valence-corrected chi connectivity index (χ4v) is 8.57. The van der Waals surface area contributed by atoms with E-state index < -0.39 is 23.6 Å². The number of benzene rings is 1. The number of rotatable bonds is 9. The highest BCUT2D eigenvalue weighted by Crippen LogP contribution is 2.41. The molecule has 1 aromatic carbocycles. The van der Waals surface area contributed by atoms with Crippen LogP contribution in [0.3, 0.4) is 0 Å². The van der Waals surface area contributed by atoms with Crippen molar-refractivity contribution in [3.8, 4) is 18.4 Å². The normalized spacial score (nSPS) is 26.5. The third kappa shape index (κ3) is 7.54. The molecule has 4 aliphatic rings. The summed E-state index contributed by atoms with van der Waals surface area (Å²) in [5.74, 6) is 2.70. The Morgan fingerprint density at radius 1 is 1.25 bits per heavy atom. The minimum absolute atomic E-state index is 0.0831. The van der Waals surface area contributed by atoms with Crippen LogP contribution in [0, 0.1) is 18.2 Å². The minimum Gasteiger partial charge on any atom is -0.461 e. The number of anilines is 1. The van der Waals surface area contributed by atoms with E-state index in [-0.39, 0.29) is 36.2 Å². The van der Waals surface area contributed by atoms with Crippen molar-refractivity contribution >= 4 is 11.7 Å². The molecule has 1 unspecified atom stereocenters. The van der Waals surface area contributed by atoms with Gasteiger partial charge in [-0.15, -0.1) is 6.42 Å². The number of ether oxygens (including phenoxy) is 1. The maximum absolute atomic E-state index is 15.0. The van der Waals surface area contributed by atoms with Crippen LogP contribution in [-0.2, 0) is 30.7 Å². The van der Waals surface area contributed by atoms with E-state index in [0.717, 1.165) is 59.6 Å². The zero-order valence-electron chi connectivity index (χ0n) is 29.7. The number of aromatic nitrogens is 3. The number of halogens is 2. The molecule has 0 spiro atoms. The van der Waals surface area contributed by atoms with Crippen molar-refractivity contribution in [3.05, 3.63) is 88.6 Å². The van der Waals surface area contributed by atoms with Crippen LogP contribution in [0.25, 0.3) is 0 Å². The number of pyridine rings is 1. The van der Waals surface area contributed by atoms with E-state index in [4.69, 9.17) is 21.1 Å². The fraction of sp³-hybridized carbons (Fsp3) is 0.500. The van der Waals surface area contributed by atoms with Gasteiger partial charge in [0.1, 0.15) is 24.4 Å². The SMILES string of the molecule is C#Cc1c(F)ccc2c1[C@@H](N1CCc3c(nc(OC[C@]4(C)C[C@@H](F)CN4Cc4cccnc4)nc3N3CCCCC(NC(=O)C=C)C3)C1)C[C@H](O)C2. The number of nitrogens with zero attached hydrogens (tertiary/aromatic N) is 6. The topological polar surface area (TPSA) is 107 Å². The lowest BCUT2D eigenvalue weighted by molar-refractivity contribution is -0.117. The molecule has 5 atom stereocenters. The first-order chi connectivity index (χ1) is 25.1. The molecule has 3 aliphatic heterocycles. The van der Waals surface area contributed by atoms with Gasteiger partial charge in [0.25, 0.3) is 0 Å². The van der Waals surface area contributed by atoms with Gasteiger partial charge in [-0.2, -0.15) is 9.97 Å². The standard InChI is InChI=1S/C40H47F2N7O3/c1-4-31-33(42)12-11-27-17-30(50)18-35(37(27)31)47-16-13-32-34(24-47)45-39(46-38(32)48-15-7-6-10-29(23-48)44-36(51)5-2)52-25-40(3)19-28(41)22-49(40)21-26-9-8-14-43-20-26/h1,5,8-9,11-12,14,20,28-30,35,50H,2,6-7,10,13,15-19,21-25H2,3H3,(H,44,51)/t28-,29?,30-,35+,40+/m1/s1. The molecule has 0 bridgehead atoms. The van der Waals surface area contributed by atoms with E-state index >= 15 is 8.78 Å². The van der Waals surface area contributed by atoms with Crippen LogP contribution in [0.5, 0.6) is 6.01 Å². The molecule has 0 saturated carbocycles. The van der Waals surface area contributed by atoms with Crippen LogP contribution in [-0.4, -0.2) is 92.4 Å². The molecular formula is C40H47F2N7O3. The molecule has 7 rings (SSSR count). The largest absolute Gasteiger partial charge is 0.461 e. The number of carbonyl (C=O) groups excluding carboxylic acids is 1. The average Bonchev–Trinajstić information content (AvgIpc) is 3.26. The van der Waals surface area contributed by atoms with Crippen LogP contribution in [0.2, 0.25) is 0 Å². The predicted molar refractivity (Wildman–Crippen MR) is 194 cm³/mol. The van der Waals surface area contributed by atoms with Gasteiger partial charge in [-0.3, -0.25) is 19.6 Å². The number of fused-ring (bicyclic) bond motifs is 2. The van der Waals surface area contributed by atoms with Gasteiger partial charge in [-0.1, -0.05) is 24.6 Å². The molecule has 10 nitrogen and oxygen atoms in total. The van der Waals surface area contributed by atoms with Crippen molar-refractivity contribution in [3.63, 3.8) is 0 Å². The molecule has 274 valence electrons. The number of carbonyl (C=O) groups is 1. The smallest absolute Gasteiger partial charge is 0.318 e. The number of hydrogen-bond donors (Lipinski definition) is 2. The number of amides is 1. The molecule has 2 saturated heterocycles. The summed E-state index contributed by atoms with van der Waals surface area (Å²) >= 11 is 0. The highest BCUT2D eigenvalue weighted by Gasteiger charge is 2.43. The highest BCUT2D eigenvalue weighted by molar-refractivity contribution is 5.87. The van der Waals surface area contributed by atoms with E-state index in [1.165, 1.54) is 12.1 Å². The first-order valence-corrected chi connectivity index (χ1v) is 18.3. The van der Waals surface area contributed by atoms with E-state index in [1.54, 1.807) is 18.5 Å². The number of aliphatic hydroxyl groups excluding tert-OH is 1. The van der Waals surface area contributed by atoms with E-state index in [9.17, 15) is 9.90 Å². The Bertz CT molecular complexity index is 1840. The second kappa shape index (κ2) is 15.3. The first kappa shape index (κ1) is 35.9. The molecule has 0 radical (unpaired) electrons. The van der Waals surface area contributed by atoms with E-state index in [0.29, 0.717) is 58.4 Å². The van der Waals surface area contributed by atoms with Gasteiger partial charge in [0.2, 0.25) is 5.91 Å². The van der Waals surface area contributed by atoms with Crippen molar-refractivity contribution in [1.82, 2.24) is 30.1 Å². The second-order valence-electron chi connectivity index (χ2n) is 14.9. The third-order valence-electron chi connectivity index (χ3n) is 11.2. The highest BCUT2D eigenvalue weighted by atomic mass is 19.1. The lowest BCUT2D eigenvalue weighted by Crippen LogP contribution is -2.46. The lowest BCUT2D eigenvalue weighted by Gasteiger charge is -2.41. The summed E-state index contributed by atoms with van der Waals surface area (Å²) in [6, 6.07) is 6.81. The Balaban J connectivity index is 1.21.